The topological polar surface area (TPSA) is 29.3 Å². The zero-order valence-corrected chi connectivity index (χ0v) is 12.6. The predicted octanol–water partition coefficient (Wildman–Crippen LogP) is 3.40. The lowest BCUT2D eigenvalue weighted by atomic mass is 9.70. The molecule has 2 aliphatic rings. The quantitative estimate of drug-likeness (QED) is 0.831. The second kappa shape index (κ2) is 5.92. The molecule has 2 heteroatoms. The Labute approximate surface area is 113 Å². The smallest absolute Gasteiger partial charge is 0.0337 e. The van der Waals surface area contributed by atoms with E-state index in [1.807, 2.05) is 0 Å². The van der Waals surface area contributed by atoms with Gasteiger partial charge in [0, 0.05) is 18.1 Å². The number of likely N-dealkylation sites (tertiary alicyclic amines) is 1. The normalized spacial score (nSPS) is 38.5. The lowest BCUT2D eigenvalue weighted by Gasteiger charge is -2.50. The molecule has 1 heterocycles. The van der Waals surface area contributed by atoms with E-state index in [0.29, 0.717) is 5.54 Å². The molecule has 2 N–H and O–H groups in total. The summed E-state index contributed by atoms with van der Waals surface area (Å²) in [6.45, 7) is 9.28. The molecule has 3 unspecified atom stereocenters. The van der Waals surface area contributed by atoms with Gasteiger partial charge in [-0.2, -0.15) is 0 Å². The maximum Gasteiger partial charge on any atom is 0.0337 e. The monoisotopic (exact) mass is 252 g/mol. The molecule has 3 atom stereocenters. The molecule has 0 aromatic heterocycles. The summed E-state index contributed by atoms with van der Waals surface area (Å²) in [7, 11) is 0. The zero-order chi connectivity index (χ0) is 13.2. The first kappa shape index (κ1) is 14.3. The van der Waals surface area contributed by atoms with Gasteiger partial charge in [0.15, 0.2) is 0 Å². The van der Waals surface area contributed by atoms with E-state index in [1.165, 1.54) is 51.5 Å². The van der Waals surface area contributed by atoms with Crippen LogP contribution in [-0.2, 0) is 0 Å². The molecule has 1 saturated heterocycles. The summed E-state index contributed by atoms with van der Waals surface area (Å²) in [5.41, 5.74) is 6.59. The van der Waals surface area contributed by atoms with Gasteiger partial charge in [0.05, 0.1) is 0 Å². The van der Waals surface area contributed by atoms with Gasteiger partial charge in [0.25, 0.3) is 0 Å². The van der Waals surface area contributed by atoms with Gasteiger partial charge < -0.3 is 5.73 Å². The first-order chi connectivity index (χ1) is 8.63. The molecule has 0 spiro atoms. The summed E-state index contributed by atoms with van der Waals surface area (Å²) < 4.78 is 0. The van der Waals surface area contributed by atoms with Crippen LogP contribution in [0.4, 0.5) is 0 Å². The average molecular weight is 252 g/mol. The molecule has 1 aliphatic carbocycles. The van der Waals surface area contributed by atoms with Gasteiger partial charge in [-0.1, -0.05) is 33.6 Å². The fourth-order valence-electron chi connectivity index (χ4n) is 4.40. The Hall–Kier alpha value is -0.0800. The Morgan fingerprint density at radius 3 is 2.67 bits per heavy atom. The minimum atomic E-state index is 0.338. The molecule has 0 amide bonds. The Morgan fingerprint density at radius 1 is 1.28 bits per heavy atom. The second-order valence-electron chi connectivity index (χ2n) is 6.93. The van der Waals surface area contributed by atoms with Gasteiger partial charge in [-0.05, 0) is 50.5 Å². The molecule has 0 aromatic carbocycles. The third-order valence-corrected chi connectivity index (χ3v) is 5.64. The van der Waals surface area contributed by atoms with Crippen LogP contribution < -0.4 is 5.73 Å². The number of hydrogen-bond donors (Lipinski definition) is 1. The summed E-state index contributed by atoms with van der Waals surface area (Å²) in [6.07, 6.45) is 9.56. The molecule has 2 fully saturated rings. The fourth-order valence-corrected chi connectivity index (χ4v) is 4.40. The van der Waals surface area contributed by atoms with Crippen LogP contribution in [-0.4, -0.2) is 29.6 Å². The molecule has 0 radical (unpaired) electrons. The van der Waals surface area contributed by atoms with Crippen LogP contribution in [0.15, 0.2) is 0 Å². The van der Waals surface area contributed by atoms with E-state index in [-0.39, 0.29) is 0 Å². The molecule has 1 aliphatic heterocycles. The van der Waals surface area contributed by atoms with Crippen molar-refractivity contribution in [3.63, 3.8) is 0 Å². The highest BCUT2D eigenvalue weighted by atomic mass is 15.3. The predicted molar refractivity (Wildman–Crippen MR) is 78.6 cm³/mol. The highest BCUT2D eigenvalue weighted by Crippen LogP contribution is 2.42. The Kier molecular flexibility index (Phi) is 4.71. The van der Waals surface area contributed by atoms with Gasteiger partial charge >= 0.3 is 0 Å². The number of nitrogens with zero attached hydrogens (tertiary/aromatic N) is 1. The standard InChI is InChI=1S/C16H32N2/c1-4-15-8-6-10-18(15)16(12-17)9-5-7-14(11-16)13(2)3/h13-15H,4-12,17H2,1-3H3. The van der Waals surface area contributed by atoms with Crippen molar-refractivity contribution in [3.8, 4) is 0 Å². The van der Waals surface area contributed by atoms with Crippen LogP contribution in [0.3, 0.4) is 0 Å². The first-order valence-electron chi connectivity index (χ1n) is 8.10. The third kappa shape index (κ3) is 2.60. The first-order valence-corrected chi connectivity index (χ1v) is 8.10. The van der Waals surface area contributed by atoms with Crippen molar-refractivity contribution < 1.29 is 0 Å². The number of nitrogens with two attached hydrogens (primary N) is 1. The van der Waals surface area contributed by atoms with Crippen molar-refractivity contribution in [1.82, 2.24) is 4.90 Å². The average Bonchev–Trinajstić information content (AvgIpc) is 2.87. The van der Waals surface area contributed by atoms with Gasteiger partial charge in [0.1, 0.15) is 0 Å². The van der Waals surface area contributed by atoms with E-state index in [0.717, 1.165) is 24.4 Å². The van der Waals surface area contributed by atoms with Gasteiger partial charge in [0.2, 0.25) is 0 Å². The maximum atomic E-state index is 6.26. The molecular formula is C16H32N2. The zero-order valence-electron chi connectivity index (χ0n) is 12.6. The number of hydrogen-bond acceptors (Lipinski definition) is 2. The van der Waals surface area contributed by atoms with Crippen LogP contribution in [0.1, 0.15) is 65.7 Å². The Balaban J connectivity index is 2.13. The molecule has 18 heavy (non-hydrogen) atoms. The third-order valence-electron chi connectivity index (χ3n) is 5.64. The van der Waals surface area contributed by atoms with Gasteiger partial charge in [-0.3, -0.25) is 4.90 Å². The molecule has 106 valence electrons. The van der Waals surface area contributed by atoms with Crippen molar-refractivity contribution in [1.29, 1.82) is 0 Å². The SMILES string of the molecule is CCC1CCCN1C1(CN)CCCC(C(C)C)C1. The van der Waals surface area contributed by atoms with E-state index >= 15 is 0 Å². The van der Waals surface area contributed by atoms with Crippen molar-refractivity contribution in [3.05, 3.63) is 0 Å². The largest absolute Gasteiger partial charge is 0.329 e. The van der Waals surface area contributed by atoms with Crippen molar-refractivity contribution in [2.75, 3.05) is 13.1 Å². The summed E-state index contributed by atoms with van der Waals surface area (Å²) >= 11 is 0. The van der Waals surface area contributed by atoms with Crippen molar-refractivity contribution in [2.24, 2.45) is 17.6 Å². The summed E-state index contributed by atoms with van der Waals surface area (Å²) in [6, 6.07) is 0.805. The highest BCUT2D eigenvalue weighted by molar-refractivity contribution is 5.01. The van der Waals surface area contributed by atoms with Gasteiger partial charge in [-0.25, -0.2) is 0 Å². The lowest BCUT2D eigenvalue weighted by Crippen LogP contribution is -2.58. The molecule has 2 nitrogen and oxygen atoms in total. The molecule has 1 saturated carbocycles. The van der Waals surface area contributed by atoms with Crippen molar-refractivity contribution in [2.45, 2.75) is 77.3 Å². The fraction of sp³-hybridized carbons (Fsp3) is 1.00. The number of rotatable bonds is 4. The van der Waals surface area contributed by atoms with Gasteiger partial charge in [-0.15, -0.1) is 0 Å². The minimum Gasteiger partial charge on any atom is -0.329 e. The van der Waals surface area contributed by atoms with Crippen LogP contribution in [0.5, 0.6) is 0 Å². The molecule has 0 aromatic rings. The molecular weight excluding hydrogens is 220 g/mol. The van der Waals surface area contributed by atoms with E-state index in [9.17, 15) is 0 Å². The Morgan fingerprint density at radius 2 is 2.06 bits per heavy atom. The van der Waals surface area contributed by atoms with E-state index < -0.39 is 0 Å². The van der Waals surface area contributed by atoms with Crippen LogP contribution >= 0.6 is 0 Å². The Bertz CT molecular complexity index is 264. The summed E-state index contributed by atoms with van der Waals surface area (Å²) in [5, 5.41) is 0. The highest BCUT2D eigenvalue weighted by Gasteiger charge is 2.44. The maximum absolute atomic E-state index is 6.26. The molecule has 2 rings (SSSR count). The summed E-state index contributed by atoms with van der Waals surface area (Å²) in [4.78, 5) is 2.81. The lowest BCUT2D eigenvalue weighted by molar-refractivity contribution is 0.0151. The van der Waals surface area contributed by atoms with Crippen molar-refractivity contribution >= 4 is 0 Å². The van der Waals surface area contributed by atoms with Crippen LogP contribution in [0.2, 0.25) is 0 Å². The van der Waals surface area contributed by atoms with E-state index in [1.54, 1.807) is 0 Å². The van der Waals surface area contributed by atoms with Crippen LogP contribution in [0, 0.1) is 11.8 Å². The minimum absolute atomic E-state index is 0.338. The van der Waals surface area contributed by atoms with E-state index in [4.69, 9.17) is 5.73 Å². The van der Waals surface area contributed by atoms with E-state index in [2.05, 4.69) is 25.7 Å². The summed E-state index contributed by atoms with van der Waals surface area (Å²) in [5.74, 6) is 1.71. The van der Waals surface area contributed by atoms with Crippen LogP contribution in [0.25, 0.3) is 0 Å². The molecule has 0 bridgehead atoms. The second-order valence-corrected chi connectivity index (χ2v) is 6.93.